The number of sulfonamides is 1. The summed E-state index contributed by atoms with van der Waals surface area (Å²) in [6.07, 6.45) is -2.22. The predicted octanol–water partition coefficient (Wildman–Crippen LogP) is 3.35. The Balaban J connectivity index is 1.81. The third-order valence-electron chi connectivity index (χ3n) is 5.04. The quantitative estimate of drug-likeness (QED) is 0.711. The molecule has 0 aromatic heterocycles. The van der Waals surface area contributed by atoms with Gasteiger partial charge in [0.15, 0.2) is 12.0 Å². The lowest BCUT2D eigenvalue weighted by molar-refractivity contribution is 0.0896. The Labute approximate surface area is 166 Å². The fourth-order valence-corrected chi connectivity index (χ4v) is 5.57. The highest BCUT2D eigenvalue weighted by atomic mass is 32.2. The minimum Gasteiger partial charge on any atom is -0.457 e. The Morgan fingerprint density at radius 1 is 1.28 bits per heavy atom. The third-order valence-corrected chi connectivity index (χ3v) is 7.14. The summed E-state index contributed by atoms with van der Waals surface area (Å²) in [7, 11) is -3.97. The first-order chi connectivity index (χ1) is 13.5. The molecule has 0 bridgehead atoms. The number of carbonyl (C=O) groups is 1. The summed E-state index contributed by atoms with van der Waals surface area (Å²) < 4.78 is 60.6. The minimum absolute atomic E-state index is 0.0128. The number of hydrogen-bond donors (Lipinski definition) is 0. The fourth-order valence-electron chi connectivity index (χ4n) is 3.48. The topological polar surface area (TPSA) is 87.2 Å². The molecule has 29 heavy (non-hydrogen) atoms. The highest BCUT2D eigenvalue weighted by molar-refractivity contribution is 7.89. The van der Waals surface area contributed by atoms with Crippen LogP contribution in [0.5, 0.6) is 11.5 Å². The van der Waals surface area contributed by atoms with Crippen molar-refractivity contribution in [1.29, 1.82) is 5.26 Å². The molecule has 4 rings (SSSR count). The Morgan fingerprint density at radius 3 is 2.59 bits per heavy atom. The van der Waals surface area contributed by atoms with Crippen molar-refractivity contribution >= 4 is 15.8 Å². The van der Waals surface area contributed by atoms with Crippen LogP contribution in [-0.4, -0.2) is 36.8 Å². The van der Waals surface area contributed by atoms with Crippen LogP contribution in [-0.2, 0) is 16.4 Å². The average Bonchev–Trinajstić information content (AvgIpc) is 3.20. The molecule has 2 aromatic rings. The Hall–Kier alpha value is -2.83. The van der Waals surface area contributed by atoms with Gasteiger partial charge in [0.25, 0.3) is 0 Å². The van der Waals surface area contributed by atoms with Gasteiger partial charge in [-0.3, -0.25) is 4.79 Å². The number of Topliss-reactive ketones (excluding diaryl/α,β-unsaturated/α-hetero) is 1. The number of nitriles is 1. The monoisotopic (exact) mass is 418 g/mol. The number of ketones is 1. The molecule has 150 valence electrons. The van der Waals surface area contributed by atoms with Crippen LogP contribution in [0, 0.1) is 17.1 Å². The van der Waals surface area contributed by atoms with Crippen LogP contribution < -0.4 is 4.74 Å². The lowest BCUT2D eigenvalue weighted by Gasteiger charge is -2.15. The van der Waals surface area contributed by atoms with Gasteiger partial charge in [-0.2, -0.15) is 9.57 Å². The van der Waals surface area contributed by atoms with Gasteiger partial charge in [-0.25, -0.2) is 17.2 Å². The number of halogens is 2. The third kappa shape index (κ3) is 3.18. The molecule has 1 aliphatic heterocycles. The molecule has 1 saturated heterocycles. The smallest absolute Gasteiger partial charge is 0.244 e. The molecule has 1 aliphatic carbocycles. The molecule has 0 spiro atoms. The number of hydrogen-bond acceptors (Lipinski definition) is 5. The van der Waals surface area contributed by atoms with Crippen LogP contribution in [0.3, 0.4) is 0 Å². The molecule has 0 radical (unpaired) electrons. The maximum atomic E-state index is 14.2. The number of nitrogens with zero attached hydrogens (tertiary/aromatic N) is 2. The van der Waals surface area contributed by atoms with Crippen molar-refractivity contribution in [1.82, 2.24) is 4.31 Å². The van der Waals surface area contributed by atoms with Crippen molar-refractivity contribution in [2.45, 2.75) is 36.9 Å². The molecule has 2 unspecified atom stereocenters. The second kappa shape index (κ2) is 6.34. The molecular formula is C20H16F2N2O4S. The van der Waals surface area contributed by atoms with E-state index in [2.05, 4.69) is 0 Å². The highest BCUT2D eigenvalue weighted by Gasteiger charge is 2.53. The number of carbonyl (C=O) groups excluding carboxylic acids is 1. The molecule has 2 aromatic carbocycles. The van der Waals surface area contributed by atoms with E-state index in [0.29, 0.717) is 6.54 Å². The van der Waals surface area contributed by atoms with Gasteiger partial charge in [-0.05, 0) is 38.1 Å². The van der Waals surface area contributed by atoms with Crippen LogP contribution in [0.1, 0.15) is 35.3 Å². The van der Waals surface area contributed by atoms with E-state index in [1.165, 1.54) is 22.5 Å². The van der Waals surface area contributed by atoms with E-state index in [9.17, 15) is 22.0 Å². The fraction of sp³-hybridized carbons (Fsp3) is 0.300. The van der Waals surface area contributed by atoms with Crippen molar-refractivity contribution in [2.24, 2.45) is 0 Å². The van der Waals surface area contributed by atoms with Gasteiger partial charge in [-0.1, -0.05) is 0 Å². The van der Waals surface area contributed by atoms with Gasteiger partial charge >= 0.3 is 0 Å². The van der Waals surface area contributed by atoms with Crippen LogP contribution in [0.2, 0.25) is 0 Å². The van der Waals surface area contributed by atoms with Crippen molar-refractivity contribution < 1.29 is 26.7 Å². The molecule has 0 N–H and O–H groups in total. The Bertz CT molecular complexity index is 1200. The number of benzene rings is 2. The molecule has 1 fully saturated rings. The molecule has 2 aliphatic rings. The SMILES string of the molecule is CC1(C)CN1S(=O)(=O)c1ccc(Oc2cc(F)cc(C#N)c2)c2c1C(=O)C(F)C2. The number of ether oxygens (including phenoxy) is 1. The first-order valence-corrected chi connectivity index (χ1v) is 10.2. The number of rotatable bonds is 4. The number of fused-ring (bicyclic) bond motifs is 1. The second-order valence-electron chi connectivity index (χ2n) is 7.66. The molecule has 0 amide bonds. The standard InChI is InChI=1S/C20H16F2N2O4S/c1-20(2)10-24(20)29(26,27)17-4-3-16(14-8-15(22)19(25)18(14)17)28-13-6-11(9-23)5-12(21)7-13/h3-7,15H,8,10H2,1-2H3. The summed E-state index contributed by atoms with van der Waals surface area (Å²) >= 11 is 0. The molecular weight excluding hydrogens is 402 g/mol. The van der Waals surface area contributed by atoms with Crippen molar-refractivity contribution in [3.8, 4) is 17.6 Å². The molecule has 9 heteroatoms. The largest absolute Gasteiger partial charge is 0.457 e. The minimum atomic E-state index is -3.97. The van der Waals surface area contributed by atoms with E-state index in [4.69, 9.17) is 10.00 Å². The first-order valence-electron chi connectivity index (χ1n) is 8.80. The van der Waals surface area contributed by atoms with Gasteiger partial charge in [0.2, 0.25) is 10.0 Å². The molecule has 0 saturated carbocycles. The summed E-state index contributed by atoms with van der Waals surface area (Å²) in [4.78, 5) is 12.2. The Morgan fingerprint density at radius 2 is 1.97 bits per heavy atom. The van der Waals surface area contributed by atoms with Crippen molar-refractivity contribution in [2.75, 3.05) is 6.54 Å². The van der Waals surface area contributed by atoms with Gasteiger partial charge in [0.1, 0.15) is 17.3 Å². The highest BCUT2D eigenvalue weighted by Crippen LogP contribution is 2.43. The average molecular weight is 418 g/mol. The summed E-state index contributed by atoms with van der Waals surface area (Å²) in [5, 5.41) is 8.97. The maximum absolute atomic E-state index is 14.2. The summed E-state index contributed by atoms with van der Waals surface area (Å²) in [5.41, 5.74) is -0.646. The molecule has 2 atom stereocenters. The lowest BCUT2D eigenvalue weighted by atomic mass is 10.1. The molecule has 6 nitrogen and oxygen atoms in total. The second-order valence-corrected chi connectivity index (χ2v) is 9.50. The van der Waals surface area contributed by atoms with Crippen molar-refractivity contribution in [3.05, 3.63) is 52.8 Å². The zero-order valence-electron chi connectivity index (χ0n) is 15.6. The maximum Gasteiger partial charge on any atom is 0.244 e. The van der Waals surface area contributed by atoms with Crippen LogP contribution in [0.4, 0.5) is 8.78 Å². The zero-order chi connectivity index (χ0) is 21.1. The van der Waals surface area contributed by atoms with E-state index in [1.54, 1.807) is 19.9 Å². The van der Waals surface area contributed by atoms with Crippen LogP contribution in [0.15, 0.2) is 35.2 Å². The van der Waals surface area contributed by atoms with Gasteiger partial charge in [-0.15, -0.1) is 0 Å². The van der Waals surface area contributed by atoms with Crippen LogP contribution >= 0.6 is 0 Å². The van der Waals surface area contributed by atoms with E-state index >= 15 is 0 Å². The van der Waals surface area contributed by atoms with Gasteiger partial charge < -0.3 is 4.74 Å². The predicted molar refractivity (Wildman–Crippen MR) is 98.5 cm³/mol. The number of alkyl halides is 1. The normalized spacial score (nSPS) is 22.1. The summed E-state index contributed by atoms with van der Waals surface area (Å²) in [6.45, 7) is 3.80. The summed E-state index contributed by atoms with van der Waals surface area (Å²) in [6, 6.07) is 7.69. The molecule has 1 heterocycles. The first kappa shape index (κ1) is 19.5. The van der Waals surface area contributed by atoms with Gasteiger partial charge in [0, 0.05) is 35.7 Å². The van der Waals surface area contributed by atoms with Gasteiger partial charge in [0.05, 0.1) is 16.5 Å². The van der Waals surface area contributed by atoms with E-state index in [0.717, 1.165) is 12.1 Å². The van der Waals surface area contributed by atoms with E-state index < -0.39 is 33.3 Å². The zero-order valence-corrected chi connectivity index (χ0v) is 16.4. The Kier molecular flexibility index (Phi) is 4.26. The lowest BCUT2D eigenvalue weighted by Crippen LogP contribution is -2.21. The summed E-state index contributed by atoms with van der Waals surface area (Å²) in [5.74, 6) is -1.58. The van der Waals surface area contributed by atoms with Crippen LogP contribution in [0.25, 0.3) is 0 Å². The van der Waals surface area contributed by atoms with E-state index in [1.807, 2.05) is 0 Å². The van der Waals surface area contributed by atoms with E-state index in [-0.39, 0.29) is 39.5 Å². The van der Waals surface area contributed by atoms with Crippen molar-refractivity contribution in [3.63, 3.8) is 0 Å².